The number of alkyl halides is 3. The zero-order valence-corrected chi connectivity index (χ0v) is 16.8. The van der Waals surface area contributed by atoms with Crippen molar-refractivity contribution in [1.82, 2.24) is 10.2 Å². The second kappa shape index (κ2) is 7.61. The molecule has 0 saturated carbocycles. The van der Waals surface area contributed by atoms with Crippen LogP contribution in [0.1, 0.15) is 43.1 Å². The Morgan fingerprint density at radius 2 is 1.92 bits per heavy atom. The highest BCUT2D eigenvalue weighted by Crippen LogP contribution is 2.33. The van der Waals surface area contributed by atoms with E-state index in [4.69, 9.17) is 4.74 Å². The second-order valence-corrected chi connectivity index (χ2v) is 8.32. The van der Waals surface area contributed by atoms with Gasteiger partial charge in [0.25, 0.3) is 5.91 Å². The van der Waals surface area contributed by atoms with Crippen LogP contribution < -0.4 is 5.32 Å². The third-order valence-electron chi connectivity index (χ3n) is 3.71. The highest BCUT2D eigenvalue weighted by Gasteiger charge is 2.36. The maximum Gasteiger partial charge on any atom is 0.417 e. The average molecular weight is 484 g/mol. The molecule has 2 rings (SSSR count). The molecule has 1 unspecified atom stereocenters. The lowest BCUT2D eigenvalue weighted by Crippen LogP contribution is -2.40. The molecule has 5 nitrogen and oxygen atoms in total. The molecule has 1 aliphatic heterocycles. The number of likely N-dealkylation sites (tertiary alicyclic amines) is 1. The predicted molar refractivity (Wildman–Crippen MR) is 97.8 cm³/mol. The number of ether oxygens (including phenoxy) is 1. The Morgan fingerprint density at radius 3 is 2.50 bits per heavy atom. The van der Waals surface area contributed by atoms with Gasteiger partial charge in [0.2, 0.25) is 0 Å². The fourth-order valence-corrected chi connectivity index (χ4v) is 3.07. The van der Waals surface area contributed by atoms with E-state index >= 15 is 0 Å². The van der Waals surface area contributed by atoms with Crippen LogP contribution in [0.15, 0.2) is 18.2 Å². The van der Waals surface area contributed by atoms with Crippen LogP contribution in [-0.2, 0) is 10.9 Å². The standard InChI is InChI=1S/C17H20F3IN2O3/c1-16(2,3)26-15(25)23-7-6-11(9-23)22-14(24)12-5-4-10(21)8-13(12)17(18,19)20/h4-5,8,11H,6-7,9H2,1-3H3,(H,22,24). The molecule has 1 aromatic rings. The number of carbonyl (C=O) groups excluding carboxylic acids is 2. The normalized spacial score (nSPS) is 18.0. The monoisotopic (exact) mass is 484 g/mol. The van der Waals surface area contributed by atoms with Crippen LogP contribution in [0, 0.1) is 3.57 Å². The lowest BCUT2D eigenvalue weighted by Gasteiger charge is -2.24. The smallest absolute Gasteiger partial charge is 0.417 e. The molecule has 0 bridgehead atoms. The van der Waals surface area contributed by atoms with Gasteiger partial charge in [0.15, 0.2) is 0 Å². The van der Waals surface area contributed by atoms with Gasteiger partial charge in [-0.3, -0.25) is 4.79 Å². The average Bonchev–Trinajstić information content (AvgIpc) is 2.93. The molecule has 1 fully saturated rings. The number of amides is 2. The number of carbonyl (C=O) groups is 2. The molecule has 0 aromatic heterocycles. The first-order valence-corrected chi connectivity index (χ1v) is 9.10. The van der Waals surface area contributed by atoms with Crippen molar-refractivity contribution < 1.29 is 27.5 Å². The summed E-state index contributed by atoms with van der Waals surface area (Å²) < 4.78 is 45.2. The minimum atomic E-state index is -4.62. The molecule has 1 aromatic carbocycles. The number of benzene rings is 1. The molecule has 1 atom stereocenters. The lowest BCUT2D eigenvalue weighted by atomic mass is 10.1. The molecule has 1 heterocycles. The van der Waals surface area contributed by atoms with Crippen molar-refractivity contribution in [3.8, 4) is 0 Å². The minimum Gasteiger partial charge on any atom is -0.444 e. The van der Waals surface area contributed by atoms with Gasteiger partial charge in [0.1, 0.15) is 5.60 Å². The van der Waals surface area contributed by atoms with Crippen LogP contribution in [0.3, 0.4) is 0 Å². The molecule has 2 amide bonds. The first kappa shape index (κ1) is 20.8. The minimum absolute atomic E-state index is 0.201. The summed E-state index contributed by atoms with van der Waals surface area (Å²) in [5.74, 6) is -0.801. The number of halogens is 4. The van der Waals surface area contributed by atoms with Crippen molar-refractivity contribution in [3.63, 3.8) is 0 Å². The summed E-state index contributed by atoms with van der Waals surface area (Å²) in [5, 5.41) is 2.58. The number of nitrogens with one attached hydrogen (secondary N) is 1. The summed E-state index contributed by atoms with van der Waals surface area (Å²) in [5.41, 5.74) is -2.03. The first-order chi connectivity index (χ1) is 11.9. The van der Waals surface area contributed by atoms with E-state index in [-0.39, 0.29) is 6.54 Å². The molecule has 1 saturated heterocycles. The summed E-state index contributed by atoms with van der Waals surface area (Å²) >= 11 is 1.77. The van der Waals surface area contributed by atoms with E-state index in [2.05, 4.69) is 5.32 Å². The van der Waals surface area contributed by atoms with E-state index in [1.807, 2.05) is 0 Å². The summed E-state index contributed by atoms with van der Waals surface area (Å²) in [7, 11) is 0. The van der Waals surface area contributed by atoms with Crippen molar-refractivity contribution in [1.29, 1.82) is 0 Å². The van der Waals surface area contributed by atoms with Crippen molar-refractivity contribution in [2.24, 2.45) is 0 Å². The largest absolute Gasteiger partial charge is 0.444 e. The van der Waals surface area contributed by atoms with Crippen LogP contribution in [0.2, 0.25) is 0 Å². The third kappa shape index (κ3) is 5.49. The van der Waals surface area contributed by atoms with Gasteiger partial charge in [-0.15, -0.1) is 0 Å². The molecule has 9 heteroatoms. The number of rotatable bonds is 2. The summed E-state index contributed by atoms with van der Waals surface area (Å²) in [6.07, 6.45) is -4.66. The van der Waals surface area contributed by atoms with Gasteiger partial charge in [0, 0.05) is 22.7 Å². The van der Waals surface area contributed by atoms with Crippen LogP contribution in [0.5, 0.6) is 0 Å². The maximum atomic E-state index is 13.2. The number of hydrogen-bond donors (Lipinski definition) is 1. The van der Waals surface area contributed by atoms with Gasteiger partial charge in [-0.05, 0) is 68.0 Å². The van der Waals surface area contributed by atoms with Crippen molar-refractivity contribution >= 4 is 34.6 Å². The van der Waals surface area contributed by atoms with Crippen LogP contribution in [-0.4, -0.2) is 41.6 Å². The summed E-state index contributed by atoms with van der Waals surface area (Å²) in [6, 6.07) is 3.14. The Labute approximate surface area is 163 Å². The van der Waals surface area contributed by atoms with E-state index in [1.54, 1.807) is 43.4 Å². The molecule has 26 heavy (non-hydrogen) atoms. The van der Waals surface area contributed by atoms with Crippen molar-refractivity contribution in [2.45, 2.75) is 45.0 Å². The SMILES string of the molecule is CC(C)(C)OC(=O)N1CCC(NC(=O)c2ccc(I)cc2C(F)(F)F)C1. The molecule has 144 valence electrons. The van der Waals surface area contributed by atoms with Crippen LogP contribution >= 0.6 is 22.6 Å². The molecule has 1 aliphatic rings. The van der Waals surface area contributed by atoms with Gasteiger partial charge in [-0.1, -0.05) is 0 Å². The van der Waals surface area contributed by atoms with Gasteiger partial charge in [-0.2, -0.15) is 13.2 Å². The van der Waals surface area contributed by atoms with E-state index in [0.29, 0.717) is 16.5 Å². The van der Waals surface area contributed by atoms with E-state index in [1.165, 1.54) is 17.0 Å². The molecule has 0 aliphatic carbocycles. The molecule has 1 N–H and O–H groups in total. The fourth-order valence-electron chi connectivity index (χ4n) is 2.58. The zero-order chi connectivity index (χ0) is 19.7. The van der Waals surface area contributed by atoms with Crippen molar-refractivity contribution in [2.75, 3.05) is 13.1 Å². The maximum absolute atomic E-state index is 13.2. The highest BCUT2D eigenvalue weighted by molar-refractivity contribution is 14.1. The second-order valence-electron chi connectivity index (χ2n) is 7.07. The van der Waals surface area contributed by atoms with Gasteiger partial charge in [-0.25, -0.2) is 4.79 Å². The van der Waals surface area contributed by atoms with E-state index in [9.17, 15) is 22.8 Å². The zero-order valence-electron chi connectivity index (χ0n) is 14.6. The van der Waals surface area contributed by atoms with Gasteiger partial charge >= 0.3 is 12.3 Å². The Kier molecular flexibility index (Phi) is 6.09. The van der Waals surface area contributed by atoms with Gasteiger partial charge in [0.05, 0.1) is 11.1 Å². The quantitative estimate of drug-likeness (QED) is 0.645. The Morgan fingerprint density at radius 1 is 1.27 bits per heavy atom. The van der Waals surface area contributed by atoms with Crippen LogP contribution in [0.4, 0.5) is 18.0 Å². The molecular weight excluding hydrogens is 464 g/mol. The predicted octanol–water partition coefficient (Wildman–Crippen LogP) is 4.05. The molecule has 0 spiro atoms. The third-order valence-corrected chi connectivity index (χ3v) is 4.38. The lowest BCUT2D eigenvalue weighted by molar-refractivity contribution is -0.138. The number of nitrogens with zero attached hydrogens (tertiary/aromatic N) is 1. The van der Waals surface area contributed by atoms with E-state index in [0.717, 1.165) is 6.07 Å². The Balaban J connectivity index is 2.05. The highest BCUT2D eigenvalue weighted by atomic mass is 127. The van der Waals surface area contributed by atoms with Gasteiger partial charge < -0.3 is 15.0 Å². The molecule has 0 radical (unpaired) electrons. The fraction of sp³-hybridized carbons (Fsp3) is 0.529. The number of hydrogen-bond acceptors (Lipinski definition) is 3. The van der Waals surface area contributed by atoms with E-state index < -0.39 is 40.9 Å². The topological polar surface area (TPSA) is 58.6 Å². The van der Waals surface area contributed by atoms with Crippen LogP contribution in [0.25, 0.3) is 0 Å². The summed E-state index contributed by atoms with van der Waals surface area (Å²) in [6.45, 7) is 5.81. The Bertz CT molecular complexity index is 701. The Hall–Kier alpha value is -1.52. The molecular formula is C17H20F3IN2O3. The summed E-state index contributed by atoms with van der Waals surface area (Å²) in [4.78, 5) is 25.8. The van der Waals surface area contributed by atoms with Crippen molar-refractivity contribution in [3.05, 3.63) is 32.9 Å². The first-order valence-electron chi connectivity index (χ1n) is 8.02.